The SMILES string of the molecule is C[C@@H]1CCC[N+]1(C(=O)NCc1ccccc1-n1cnnn1)C(=O)C(O)(c1cccnc1)c1cccc(Cl)c1. The van der Waals surface area contributed by atoms with Gasteiger partial charge in [-0.2, -0.15) is 4.48 Å². The Morgan fingerprint density at radius 1 is 1.16 bits per heavy atom. The summed E-state index contributed by atoms with van der Waals surface area (Å²) < 4.78 is 0.945. The molecule has 2 unspecified atom stereocenters. The second kappa shape index (κ2) is 10.4. The van der Waals surface area contributed by atoms with Crippen molar-refractivity contribution in [1.82, 2.24) is 30.5 Å². The van der Waals surface area contributed by atoms with E-state index >= 15 is 0 Å². The van der Waals surface area contributed by atoms with Crippen molar-refractivity contribution in [3.63, 3.8) is 0 Å². The maximum absolute atomic E-state index is 14.6. The van der Waals surface area contributed by atoms with E-state index in [4.69, 9.17) is 11.6 Å². The number of halogens is 1. The summed E-state index contributed by atoms with van der Waals surface area (Å²) in [5, 5.41) is 26.9. The molecule has 1 fully saturated rings. The summed E-state index contributed by atoms with van der Waals surface area (Å²) in [4.78, 5) is 32.7. The maximum atomic E-state index is 14.6. The number of rotatable bonds is 6. The standard InChI is InChI=1S/C27H26ClN7O3/c1-19-7-6-14-35(19,26(37)30-16-20-8-2-3-12-24(20)34-18-31-32-33-34)25(36)27(38,22-10-5-13-29-17-22)21-9-4-11-23(28)15-21/h2-5,8-13,15,17-19,38H,6-7,14,16H2,1H3/p+1/t19-,27?,35?/m1/s1. The molecular weight excluding hydrogens is 506 g/mol. The van der Waals surface area contributed by atoms with Crippen molar-refractivity contribution in [3.05, 3.63) is 101 Å². The van der Waals surface area contributed by atoms with E-state index in [1.807, 2.05) is 31.2 Å². The number of likely N-dealkylation sites (tertiary alicyclic amines) is 1. The van der Waals surface area contributed by atoms with Gasteiger partial charge in [-0.1, -0.05) is 48.0 Å². The van der Waals surface area contributed by atoms with Crippen LogP contribution in [0.5, 0.6) is 0 Å². The Kier molecular flexibility index (Phi) is 7.02. The van der Waals surface area contributed by atoms with Crippen molar-refractivity contribution in [2.75, 3.05) is 6.54 Å². The number of nitrogens with one attached hydrogen (secondary N) is 1. The molecule has 3 amide bonds. The van der Waals surface area contributed by atoms with Gasteiger partial charge in [-0.15, -0.1) is 5.10 Å². The molecule has 0 aliphatic carbocycles. The number of tetrazole rings is 1. The number of carbonyl (C=O) groups is 2. The molecule has 1 aliphatic heterocycles. The first-order valence-corrected chi connectivity index (χ1v) is 12.7. The van der Waals surface area contributed by atoms with E-state index in [9.17, 15) is 14.7 Å². The predicted octanol–water partition coefficient (Wildman–Crippen LogP) is 3.38. The van der Waals surface area contributed by atoms with Crippen LogP contribution in [0.2, 0.25) is 5.02 Å². The Morgan fingerprint density at radius 3 is 2.66 bits per heavy atom. The first-order chi connectivity index (χ1) is 18.4. The predicted molar refractivity (Wildman–Crippen MR) is 139 cm³/mol. The highest BCUT2D eigenvalue weighted by atomic mass is 35.5. The van der Waals surface area contributed by atoms with Gasteiger partial charge in [0.25, 0.3) is 0 Å². The van der Waals surface area contributed by atoms with Crippen molar-refractivity contribution in [2.24, 2.45) is 0 Å². The number of nitrogens with zero attached hydrogens (tertiary/aromatic N) is 6. The van der Waals surface area contributed by atoms with E-state index in [1.165, 1.54) is 17.2 Å². The van der Waals surface area contributed by atoms with E-state index in [2.05, 4.69) is 25.8 Å². The molecule has 0 spiro atoms. The Bertz CT molecular complexity index is 1450. The van der Waals surface area contributed by atoms with Gasteiger partial charge >= 0.3 is 11.9 Å². The molecule has 1 aliphatic rings. The van der Waals surface area contributed by atoms with Crippen molar-refractivity contribution < 1.29 is 19.2 Å². The van der Waals surface area contributed by atoms with Crippen LogP contribution in [0, 0.1) is 0 Å². The minimum absolute atomic E-state index is 0.136. The lowest BCUT2D eigenvalue weighted by Gasteiger charge is -2.39. The van der Waals surface area contributed by atoms with Crippen molar-refractivity contribution >= 4 is 23.5 Å². The number of hydrogen-bond acceptors (Lipinski definition) is 7. The highest BCUT2D eigenvalue weighted by Gasteiger charge is 2.61. The summed E-state index contributed by atoms with van der Waals surface area (Å²) in [5.74, 6) is -0.649. The lowest BCUT2D eigenvalue weighted by molar-refractivity contribution is -0.788. The Hall–Kier alpha value is -3.99. The average Bonchev–Trinajstić information content (AvgIpc) is 3.62. The topological polar surface area (TPSA) is 123 Å². The fourth-order valence-corrected chi connectivity index (χ4v) is 5.42. The van der Waals surface area contributed by atoms with E-state index in [1.54, 1.807) is 42.6 Å². The zero-order chi connectivity index (χ0) is 26.8. The quantitative estimate of drug-likeness (QED) is 0.365. The number of para-hydroxylation sites is 1. The number of pyridine rings is 1. The van der Waals surface area contributed by atoms with Crippen molar-refractivity contribution in [1.29, 1.82) is 0 Å². The van der Waals surface area contributed by atoms with E-state index in [0.29, 0.717) is 23.6 Å². The minimum Gasteiger partial charge on any atom is -0.369 e. The van der Waals surface area contributed by atoms with Gasteiger partial charge < -0.3 is 10.4 Å². The van der Waals surface area contributed by atoms with Crippen LogP contribution in [-0.2, 0) is 16.9 Å². The Morgan fingerprint density at radius 2 is 1.97 bits per heavy atom. The second-order valence-corrected chi connectivity index (χ2v) is 9.83. The van der Waals surface area contributed by atoms with Gasteiger partial charge in [-0.25, -0.2) is 14.3 Å². The molecule has 0 bridgehead atoms. The van der Waals surface area contributed by atoms with Crippen LogP contribution in [0.25, 0.3) is 5.69 Å². The molecule has 11 heteroatoms. The fraction of sp³-hybridized carbons (Fsp3) is 0.259. The highest BCUT2D eigenvalue weighted by molar-refractivity contribution is 6.30. The van der Waals surface area contributed by atoms with Gasteiger partial charge in [-0.05, 0) is 47.2 Å². The molecule has 0 radical (unpaired) electrons. The molecule has 4 aromatic rings. The Labute approximate surface area is 224 Å². The number of hydrogen-bond donors (Lipinski definition) is 2. The summed E-state index contributed by atoms with van der Waals surface area (Å²) in [6.07, 6.45) is 5.78. The molecule has 2 aromatic carbocycles. The van der Waals surface area contributed by atoms with Crippen LogP contribution < -0.4 is 5.32 Å². The van der Waals surface area contributed by atoms with Gasteiger partial charge in [-0.3, -0.25) is 4.98 Å². The number of urea groups is 1. The Balaban J connectivity index is 1.53. The second-order valence-electron chi connectivity index (χ2n) is 9.39. The molecule has 10 nitrogen and oxygen atoms in total. The van der Waals surface area contributed by atoms with E-state index < -0.39 is 22.0 Å². The largest absolute Gasteiger partial charge is 0.424 e. The third-order valence-corrected chi connectivity index (χ3v) is 7.49. The van der Waals surface area contributed by atoms with E-state index in [-0.39, 0.29) is 30.3 Å². The molecule has 38 heavy (non-hydrogen) atoms. The number of carbonyl (C=O) groups excluding carboxylic acids is 2. The first kappa shape index (κ1) is 25.7. The zero-order valence-electron chi connectivity index (χ0n) is 20.7. The normalized spacial score (nSPS) is 20.6. The smallest absolute Gasteiger partial charge is 0.369 e. The summed E-state index contributed by atoms with van der Waals surface area (Å²) in [5.41, 5.74) is -0.143. The van der Waals surface area contributed by atoms with Crippen molar-refractivity contribution in [3.8, 4) is 5.69 Å². The molecule has 5 rings (SSSR count). The molecular formula is C27H27ClN7O3+. The lowest BCUT2D eigenvalue weighted by Crippen LogP contribution is -2.67. The van der Waals surface area contributed by atoms with Gasteiger partial charge in [0, 0.05) is 41.4 Å². The third kappa shape index (κ3) is 4.36. The van der Waals surface area contributed by atoms with Crippen LogP contribution >= 0.6 is 11.6 Å². The molecule has 3 atom stereocenters. The zero-order valence-corrected chi connectivity index (χ0v) is 21.5. The molecule has 0 saturated carbocycles. The highest BCUT2D eigenvalue weighted by Crippen LogP contribution is 2.39. The minimum atomic E-state index is -2.15. The number of quaternary nitrogens is 1. The van der Waals surface area contributed by atoms with Gasteiger partial charge in [0.1, 0.15) is 12.4 Å². The number of aromatic nitrogens is 5. The lowest BCUT2D eigenvalue weighted by atomic mass is 9.84. The van der Waals surface area contributed by atoms with Crippen LogP contribution in [0.15, 0.2) is 79.4 Å². The number of aliphatic hydroxyl groups is 1. The first-order valence-electron chi connectivity index (χ1n) is 12.3. The van der Waals surface area contributed by atoms with Crippen LogP contribution in [0.1, 0.15) is 36.5 Å². The number of imide groups is 1. The van der Waals surface area contributed by atoms with E-state index in [0.717, 1.165) is 5.56 Å². The van der Waals surface area contributed by atoms with Gasteiger partial charge in [0.15, 0.2) is 0 Å². The van der Waals surface area contributed by atoms with Crippen molar-refractivity contribution in [2.45, 2.75) is 38.0 Å². The van der Waals surface area contributed by atoms with Crippen LogP contribution in [0.4, 0.5) is 4.79 Å². The van der Waals surface area contributed by atoms with Crippen LogP contribution in [-0.4, -0.2) is 59.3 Å². The average molecular weight is 533 g/mol. The fourth-order valence-electron chi connectivity index (χ4n) is 5.23. The molecule has 1 saturated heterocycles. The maximum Gasteiger partial charge on any atom is 0.424 e. The monoisotopic (exact) mass is 532 g/mol. The number of benzene rings is 2. The molecule has 2 aromatic heterocycles. The molecule has 194 valence electrons. The summed E-state index contributed by atoms with van der Waals surface area (Å²) in [6, 6.07) is 16.3. The summed E-state index contributed by atoms with van der Waals surface area (Å²) >= 11 is 6.26. The van der Waals surface area contributed by atoms with Crippen LogP contribution in [0.3, 0.4) is 0 Å². The third-order valence-electron chi connectivity index (χ3n) is 7.26. The number of amides is 3. The summed E-state index contributed by atoms with van der Waals surface area (Å²) in [6.45, 7) is 2.25. The van der Waals surface area contributed by atoms with Gasteiger partial charge in [0.2, 0.25) is 5.60 Å². The molecule has 3 heterocycles. The summed E-state index contributed by atoms with van der Waals surface area (Å²) in [7, 11) is 0. The van der Waals surface area contributed by atoms with Gasteiger partial charge in [0.05, 0.1) is 18.8 Å². The molecule has 2 N–H and O–H groups in total.